The van der Waals surface area contributed by atoms with Crippen molar-refractivity contribution in [1.29, 1.82) is 0 Å². The minimum atomic E-state index is 0.574. The summed E-state index contributed by atoms with van der Waals surface area (Å²) in [5, 5.41) is 3.47. The zero-order valence-electron chi connectivity index (χ0n) is 17.1. The number of ether oxygens (including phenoxy) is 3. The predicted octanol–water partition coefficient (Wildman–Crippen LogP) is 3.30. The van der Waals surface area contributed by atoms with Crippen LogP contribution in [0.15, 0.2) is 17.1 Å². The smallest absolute Gasteiger partial charge is 0.203 e. The molecule has 6 heteroatoms. The van der Waals surface area contributed by atoms with Gasteiger partial charge >= 0.3 is 0 Å². The van der Waals surface area contributed by atoms with E-state index in [2.05, 4.69) is 17.1 Å². The number of aliphatic imine (C=N–C) groups is 1. The van der Waals surface area contributed by atoms with Crippen molar-refractivity contribution in [3.05, 3.63) is 17.7 Å². The average Bonchev–Trinajstić information content (AvgIpc) is 3.14. The van der Waals surface area contributed by atoms with E-state index in [9.17, 15) is 0 Å². The van der Waals surface area contributed by atoms with Gasteiger partial charge in [-0.15, -0.1) is 0 Å². The second-order valence-corrected chi connectivity index (χ2v) is 7.41. The summed E-state index contributed by atoms with van der Waals surface area (Å²) < 4.78 is 16.3. The largest absolute Gasteiger partial charge is 0.493 e. The maximum absolute atomic E-state index is 5.46. The lowest BCUT2D eigenvalue weighted by molar-refractivity contribution is 0.299. The van der Waals surface area contributed by atoms with Gasteiger partial charge in [0.1, 0.15) is 0 Å². The second-order valence-electron chi connectivity index (χ2n) is 7.41. The number of nitrogens with zero attached hydrogens (tertiary/aromatic N) is 2. The van der Waals surface area contributed by atoms with Crippen LogP contribution in [0.3, 0.4) is 0 Å². The molecule has 2 aliphatic rings. The molecule has 3 rings (SSSR count). The zero-order chi connectivity index (χ0) is 19.2. The molecule has 0 aromatic heterocycles. The minimum Gasteiger partial charge on any atom is -0.493 e. The number of nitrogens with one attached hydrogen (secondary N) is 1. The fourth-order valence-electron chi connectivity index (χ4n) is 4.40. The molecular weight excluding hydrogens is 342 g/mol. The Morgan fingerprint density at radius 2 is 1.63 bits per heavy atom. The van der Waals surface area contributed by atoms with Gasteiger partial charge in [0.2, 0.25) is 5.75 Å². The molecule has 1 N–H and O–H groups in total. The molecule has 2 atom stereocenters. The quantitative estimate of drug-likeness (QED) is 0.611. The van der Waals surface area contributed by atoms with Crippen molar-refractivity contribution in [2.24, 2.45) is 16.8 Å². The van der Waals surface area contributed by atoms with Crippen molar-refractivity contribution in [1.82, 2.24) is 10.2 Å². The van der Waals surface area contributed by atoms with Crippen LogP contribution >= 0.6 is 0 Å². The topological polar surface area (TPSA) is 55.3 Å². The lowest BCUT2D eigenvalue weighted by Gasteiger charge is -2.22. The third kappa shape index (κ3) is 4.42. The molecule has 27 heavy (non-hydrogen) atoms. The summed E-state index contributed by atoms with van der Waals surface area (Å²) in [4.78, 5) is 7.36. The van der Waals surface area contributed by atoms with Gasteiger partial charge in [0.25, 0.3) is 0 Å². The summed E-state index contributed by atoms with van der Waals surface area (Å²) in [5.41, 5.74) is 1.04. The van der Waals surface area contributed by atoms with Crippen molar-refractivity contribution in [2.75, 3.05) is 41.0 Å². The van der Waals surface area contributed by atoms with Gasteiger partial charge < -0.3 is 24.4 Å². The Balaban J connectivity index is 1.77. The van der Waals surface area contributed by atoms with Gasteiger partial charge in [-0.2, -0.15) is 0 Å². The van der Waals surface area contributed by atoms with Gasteiger partial charge in [-0.3, -0.25) is 0 Å². The normalized spacial score (nSPS) is 22.4. The van der Waals surface area contributed by atoms with Crippen LogP contribution in [0.2, 0.25) is 0 Å². The maximum atomic E-state index is 5.46. The van der Waals surface area contributed by atoms with Crippen molar-refractivity contribution < 1.29 is 14.2 Å². The van der Waals surface area contributed by atoms with Gasteiger partial charge in [0, 0.05) is 19.6 Å². The standard InChI is InChI=1S/C21H33N3O3/c1-5-22-21(24-13-16-8-6-7-9-17(16)14-24)23-12-15-10-18(25-2)20(27-4)19(11-15)26-3/h10-11,16-17H,5-9,12-14H2,1-4H3,(H,22,23). The number of benzene rings is 1. The summed E-state index contributed by atoms with van der Waals surface area (Å²) in [6.45, 7) is 5.83. The third-order valence-electron chi connectivity index (χ3n) is 5.75. The Kier molecular flexibility index (Phi) is 6.69. The van der Waals surface area contributed by atoms with E-state index in [0.29, 0.717) is 23.8 Å². The molecule has 0 amide bonds. The molecule has 150 valence electrons. The van der Waals surface area contributed by atoms with Crippen LogP contribution in [0.4, 0.5) is 0 Å². The van der Waals surface area contributed by atoms with E-state index in [0.717, 1.165) is 43.0 Å². The Morgan fingerprint density at radius 3 is 2.11 bits per heavy atom. The van der Waals surface area contributed by atoms with Gasteiger partial charge in [-0.05, 0) is 49.3 Å². The maximum Gasteiger partial charge on any atom is 0.203 e. The van der Waals surface area contributed by atoms with Gasteiger partial charge in [-0.25, -0.2) is 4.99 Å². The van der Waals surface area contributed by atoms with E-state index in [1.165, 1.54) is 25.7 Å². The number of rotatable bonds is 6. The lowest BCUT2D eigenvalue weighted by atomic mass is 9.82. The molecule has 1 aliphatic heterocycles. The van der Waals surface area contributed by atoms with Crippen LogP contribution in [-0.4, -0.2) is 51.8 Å². The van der Waals surface area contributed by atoms with Crippen molar-refractivity contribution in [3.8, 4) is 17.2 Å². The molecule has 0 spiro atoms. The molecular formula is C21H33N3O3. The van der Waals surface area contributed by atoms with E-state index in [4.69, 9.17) is 19.2 Å². The Morgan fingerprint density at radius 1 is 1.04 bits per heavy atom. The van der Waals surface area contributed by atoms with Crippen LogP contribution in [0.25, 0.3) is 0 Å². The highest BCUT2D eigenvalue weighted by molar-refractivity contribution is 5.80. The van der Waals surface area contributed by atoms with Crippen LogP contribution < -0.4 is 19.5 Å². The molecule has 1 heterocycles. The Bertz CT molecular complexity index is 623. The summed E-state index contributed by atoms with van der Waals surface area (Å²) >= 11 is 0. The Hall–Kier alpha value is -2.11. The number of fused-ring (bicyclic) bond motifs is 1. The average molecular weight is 376 g/mol. The molecule has 0 bridgehead atoms. The molecule has 6 nitrogen and oxygen atoms in total. The molecule has 1 aliphatic carbocycles. The highest BCUT2D eigenvalue weighted by atomic mass is 16.5. The molecule has 1 saturated carbocycles. The molecule has 0 radical (unpaired) electrons. The third-order valence-corrected chi connectivity index (χ3v) is 5.75. The molecule has 1 saturated heterocycles. The zero-order valence-corrected chi connectivity index (χ0v) is 17.1. The number of likely N-dealkylation sites (tertiary alicyclic amines) is 1. The van der Waals surface area contributed by atoms with Gasteiger partial charge in [0.05, 0.1) is 27.9 Å². The number of guanidine groups is 1. The van der Waals surface area contributed by atoms with Crippen LogP contribution in [0, 0.1) is 11.8 Å². The van der Waals surface area contributed by atoms with Gasteiger partial charge in [-0.1, -0.05) is 12.8 Å². The first kappa shape index (κ1) is 19.6. The monoisotopic (exact) mass is 375 g/mol. The Labute approximate surface area is 162 Å². The summed E-state index contributed by atoms with van der Waals surface area (Å²) in [7, 11) is 4.90. The summed E-state index contributed by atoms with van der Waals surface area (Å²) in [6, 6.07) is 3.94. The number of hydrogen-bond donors (Lipinski definition) is 1. The van der Waals surface area contributed by atoms with E-state index >= 15 is 0 Å². The predicted molar refractivity (Wildman–Crippen MR) is 108 cm³/mol. The van der Waals surface area contributed by atoms with Crippen LogP contribution in [0.5, 0.6) is 17.2 Å². The van der Waals surface area contributed by atoms with E-state index in [1.807, 2.05) is 12.1 Å². The van der Waals surface area contributed by atoms with E-state index < -0.39 is 0 Å². The van der Waals surface area contributed by atoms with Crippen molar-refractivity contribution in [2.45, 2.75) is 39.2 Å². The van der Waals surface area contributed by atoms with Crippen molar-refractivity contribution in [3.63, 3.8) is 0 Å². The van der Waals surface area contributed by atoms with Crippen molar-refractivity contribution >= 4 is 5.96 Å². The highest BCUT2D eigenvalue weighted by Gasteiger charge is 2.35. The number of hydrogen-bond acceptors (Lipinski definition) is 4. The molecule has 1 aromatic rings. The molecule has 1 aromatic carbocycles. The first-order chi connectivity index (χ1) is 13.2. The summed E-state index contributed by atoms with van der Waals surface area (Å²) in [5.74, 6) is 4.63. The first-order valence-corrected chi connectivity index (χ1v) is 10.0. The molecule has 2 fully saturated rings. The minimum absolute atomic E-state index is 0.574. The van der Waals surface area contributed by atoms with Crippen LogP contribution in [-0.2, 0) is 6.54 Å². The summed E-state index contributed by atoms with van der Waals surface area (Å²) in [6.07, 6.45) is 5.50. The fourth-order valence-corrected chi connectivity index (χ4v) is 4.40. The van der Waals surface area contributed by atoms with Crippen LogP contribution in [0.1, 0.15) is 38.2 Å². The SMILES string of the molecule is CCNC(=NCc1cc(OC)c(OC)c(OC)c1)N1CC2CCCCC2C1. The molecule has 2 unspecified atom stereocenters. The van der Waals surface area contributed by atoms with Gasteiger partial charge in [0.15, 0.2) is 17.5 Å². The first-order valence-electron chi connectivity index (χ1n) is 10.0. The van der Waals surface area contributed by atoms with E-state index in [1.54, 1.807) is 21.3 Å². The second kappa shape index (κ2) is 9.20. The number of methoxy groups -OCH3 is 3. The fraction of sp³-hybridized carbons (Fsp3) is 0.667. The highest BCUT2D eigenvalue weighted by Crippen LogP contribution is 2.39. The van der Waals surface area contributed by atoms with E-state index in [-0.39, 0.29) is 0 Å². The lowest BCUT2D eigenvalue weighted by Crippen LogP contribution is -2.40.